The Bertz CT molecular complexity index is 1430. The highest BCUT2D eigenvalue weighted by Gasteiger charge is 2.51. The van der Waals surface area contributed by atoms with Crippen LogP contribution in [0.5, 0.6) is 0 Å². The van der Waals surface area contributed by atoms with Gasteiger partial charge >= 0.3 is 6.03 Å². The molecular weight excluding hydrogens is 574 g/mol. The van der Waals surface area contributed by atoms with Gasteiger partial charge in [-0.15, -0.1) is 0 Å². The lowest BCUT2D eigenvalue weighted by Crippen LogP contribution is -2.61. The molecule has 3 aromatic carbocycles. The van der Waals surface area contributed by atoms with Crippen LogP contribution in [0.4, 0.5) is 4.79 Å². The molecule has 0 radical (unpaired) electrons. The van der Waals surface area contributed by atoms with E-state index in [4.69, 9.17) is 9.47 Å². The van der Waals surface area contributed by atoms with Gasteiger partial charge < -0.3 is 25.2 Å². The third kappa shape index (κ3) is 7.03. The van der Waals surface area contributed by atoms with Crippen molar-refractivity contribution in [3.63, 3.8) is 0 Å². The normalized spacial score (nSPS) is 30.7. The Balaban J connectivity index is 0.996. The van der Waals surface area contributed by atoms with E-state index in [-0.39, 0.29) is 36.4 Å². The number of aliphatic hydroxyl groups excluding tert-OH is 1. The number of urea groups is 1. The standard InChI is InChI=1S/C39H49N3O4/c1-26(32-6-4-3-5-7-32)42(2)24-35-19-36(33-12-10-28(25-43)11-13-33)46-37(45-35)34-14-8-27(9-15-34)23-40-38(44)41-39-20-29-16-30(21-39)18-31(17-29)22-39/h3-15,26,29-31,35-37,43H,16-25H2,1-2H3,(H2,40,41,44)/t26-,29?,30?,31?,35-,36+,37+,39?/m0/s1. The summed E-state index contributed by atoms with van der Waals surface area (Å²) in [5.41, 5.74) is 5.26. The highest BCUT2D eigenvalue weighted by Crippen LogP contribution is 2.55. The fourth-order valence-electron chi connectivity index (χ4n) is 9.02. The monoisotopic (exact) mass is 623 g/mol. The van der Waals surface area contributed by atoms with Crippen LogP contribution < -0.4 is 10.6 Å². The molecule has 4 atom stereocenters. The highest BCUT2D eigenvalue weighted by molar-refractivity contribution is 5.75. The van der Waals surface area contributed by atoms with Gasteiger partial charge in [0.1, 0.15) is 0 Å². The second kappa shape index (κ2) is 13.5. The lowest BCUT2D eigenvalue weighted by atomic mass is 9.53. The summed E-state index contributed by atoms with van der Waals surface area (Å²) in [6, 6.07) is 27.0. The molecule has 1 saturated heterocycles. The largest absolute Gasteiger partial charge is 0.392 e. The summed E-state index contributed by atoms with van der Waals surface area (Å²) >= 11 is 0. The predicted molar refractivity (Wildman–Crippen MR) is 179 cm³/mol. The summed E-state index contributed by atoms with van der Waals surface area (Å²) in [6.07, 6.45) is 7.60. The average molecular weight is 624 g/mol. The Hall–Kier alpha value is -3.23. The van der Waals surface area contributed by atoms with E-state index in [0.29, 0.717) is 6.54 Å². The molecule has 5 aliphatic rings. The van der Waals surface area contributed by atoms with E-state index in [1.54, 1.807) is 0 Å². The van der Waals surface area contributed by atoms with Gasteiger partial charge in [0.15, 0.2) is 6.29 Å². The van der Waals surface area contributed by atoms with Gasteiger partial charge in [0.2, 0.25) is 0 Å². The number of hydrogen-bond donors (Lipinski definition) is 3. The highest BCUT2D eigenvalue weighted by atomic mass is 16.7. The molecule has 7 heteroatoms. The minimum atomic E-state index is -0.511. The van der Waals surface area contributed by atoms with Crippen molar-refractivity contribution in [2.24, 2.45) is 17.8 Å². The topological polar surface area (TPSA) is 83.1 Å². The van der Waals surface area contributed by atoms with Crippen molar-refractivity contribution in [3.8, 4) is 0 Å². The fraction of sp³-hybridized carbons (Fsp3) is 0.513. The maximum Gasteiger partial charge on any atom is 0.315 e. The number of rotatable bonds is 10. The van der Waals surface area contributed by atoms with Crippen LogP contribution in [0, 0.1) is 17.8 Å². The van der Waals surface area contributed by atoms with Crippen LogP contribution in [0.25, 0.3) is 0 Å². The quantitative estimate of drug-likeness (QED) is 0.223. The van der Waals surface area contributed by atoms with E-state index in [9.17, 15) is 9.90 Å². The van der Waals surface area contributed by atoms with Crippen molar-refractivity contribution < 1.29 is 19.4 Å². The predicted octanol–water partition coefficient (Wildman–Crippen LogP) is 7.19. The second-order valence-electron chi connectivity index (χ2n) is 14.6. The molecule has 3 N–H and O–H groups in total. The van der Waals surface area contributed by atoms with Crippen molar-refractivity contribution in [2.75, 3.05) is 13.6 Å². The summed E-state index contributed by atoms with van der Waals surface area (Å²) in [7, 11) is 2.15. The van der Waals surface area contributed by atoms with E-state index >= 15 is 0 Å². The van der Waals surface area contributed by atoms with E-state index in [1.807, 2.05) is 12.1 Å². The number of nitrogens with zero attached hydrogens (tertiary/aromatic N) is 1. The minimum Gasteiger partial charge on any atom is -0.392 e. The summed E-state index contributed by atoms with van der Waals surface area (Å²) < 4.78 is 13.2. The molecule has 1 heterocycles. The maximum atomic E-state index is 13.0. The van der Waals surface area contributed by atoms with E-state index in [1.165, 1.54) is 24.8 Å². The van der Waals surface area contributed by atoms with E-state index < -0.39 is 6.29 Å². The first-order chi connectivity index (χ1) is 22.3. The first kappa shape index (κ1) is 31.4. The molecule has 4 bridgehead atoms. The van der Waals surface area contributed by atoms with Crippen LogP contribution in [0.15, 0.2) is 78.9 Å². The number of hydrogen-bond acceptors (Lipinski definition) is 5. The zero-order valence-corrected chi connectivity index (χ0v) is 27.2. The molecule has 7 nitrogen and oxygen atoms in total. The summed E-state index contributed by atoms with van der Waals surface area (Å²) in [4.78, 5) is 15.4. The number of carbonyl (C=O) groups excluding carboxylic acids is 1. The number of aliphatic hydroxyl groups is 1. The maximum absolute atomic E-state index is 13.0. The van der Waals surface area contributed by atoms with E-state index in [0.717, 1.165) is 72.2 Å². The van der Waals surface area contributed by atoms with Gasteiger partial charge in [-0.1, -0.05) is 78.9 Å². The SMILES string of the molecule is C[C@@H](c1ccccc1)N(C)C[C@@H]1C[C@H](c2ccc(CO)cc2)O[C@H](c2ccc(CNC(=O)NC34CC5CC(CC(C5)C3)C4)cc2)O1. The average Bonchev–Trinajstić information content (AvgIpc) is 3.06. The second-order valence-corrected chi connectivity index (χ2v) is 14.6. The zero-order chi connectivity index (χ0) is 31.7. The Kier molecular flexibility index (Phi) is 9.19. The molecule has 244 valence electrons. The summed E-state index contributed by atoms with van der Waals surface area (Å²) in [5, 5.41) is 16.1. The van der Waals surface area contributed by atoms with Crippen molar-refractivity contribution >= 4 is 6.03 Å². The van der Waals surface area contributed by atoms with Crippen LogP contribution in [-0.4, -0.2) is 41.3 Å². The number of amides is 2. The molecule has 3 aromatic rings. The molecule has 5 fully saturated rings. The van der Waals surface area contributed by atoms with Gasteiger partial charge in [-0.3, -0.25) is 4.90 Å². The van der Waals surface area contributed by atoms with Crippen LogP contribution in [0.3, 0.4) is 0 Å². The Morgan fingerprint density at radius 2 is 1.46 bits per heavy atom. The lowest BCUT2D eigenvalue weighted by Gasteiger charge is -2.56. The van der Waals surface area contributed by atoms with Crippen molar-refractivity contribution in [1.29, 1.82) is 0 Å². The molecule has 4 saturated carbocycles. The van der Waals surface area contributed by atoms with Gasteiger partial charge in [0, 0.05) is 36.7 Å². The minimum absolute atomic E-state index is 0.0107. The summed E-state index contributed by atoms with van der Waals surface area (Å²) in [5.74, 6) is 2.40. The molecule has 1 aliphatic heterocycles. The molecule has 8 rings (SSSR count). The number of carbonyl (C=O) groups is 1. The Morgan fingerprint density at radius 3 is 2.09 bits per heavy atom. The van der Waals surface area contributed by atoms with Gasteiger partial charge in [-0.2, -0.15) is 0 Å². The number of ether oxygens (including phenoxy) is 2. The van der Waals surface area contributed by atoms with Crippen molar-refractivity contribution in [2.45, 2.75) is 95.1 Å². The molecule has 0 spiro atoms. The summed E-state index contributed by atoms with van der Waals surface area (Å²) in [6.45, 7) is 3.50. The zero-order valence-electron chi connectivity index (χ0n) is 27.2. The van der Waals surface area contributed by atoms with Crippen molar-refractivity contribution in [1.82, 2.24) is 15.5 Å². The smallest absolute Gasteiger partial charge is 0.315 e. The van der Waals surface area contributed by atoms with Gasteiger partial charge in [-0.05, 0) is 92.5 Å². The van der Waals surface area contributed by atoms with Gasteiger partial charge in [0.25, 0.3) is 0 Å². The fourth-order valence-corrected chi connectivity index (χ4v) is 9.02. The van der Waals surface area contributed by atoms with Gasteiger partial charge in [0.05, 0.1) is 18.8 Å². The molecular formula is C39H49N3O4. The van der Waals surface area contributed by atoms with Crippen LogP contribution in [-0.2, 0) is 22.6 Å². The van der Waals surface area contributed by atoms with Gasteiger partial charge in [-0.25, -0.2) is 4.79 Å². The molecule has 46 heavy (non-hydrogen) atoms. The Morgan fingerprint density at radius 1 is 0.848 bits per heavy atom. The number of benzene rings is 3. The van der Waals surface area contributed by atoms with Crippen LogP contribution >= 0.6 is 0 Å². The van der Waals surface area contributed by atoms with Crippen molar-refractivity contribution in [3.05, 3.63) is 107 Å². The number of likely N-dealkylation sites (N-methyl/N-ethyl adjacent to an activating group) is 1. The first-order valence-electron chi connectivity index (χ1n) is 17.3. The third-order valence-electron chi connectivity index (χ3n) is 11.2. The third-order valence-corrected chi connectivity index (χ3v) is 11.2. The molecule has 0 aromatic heterocycles. The van der Waals surface area contributed by atoms with Crippen LogP contribution in [0.2, 0.25) is 0 Å². The molecule has 0 unspecified atom stereocenters. The van der Waals surface area contributed by atoms with Crippen LogP contribution in [0.1, 0.15) is 98.1 Å². The number of nitrogens with one attached hydrogen (secondary N) is 2. The lowest BCUT2D eigenvalue weighted by molar-refractivity contribution is -0.253. The Labute approximate surface area is 273 Å². The molecule has 2 amide bonds. The van der Waals surface area contributed by atoms with E-state index in [2.05, 4.69) is 96.2 Å². The first-order valence-corrected chi connectivity index (χ1v) is 17.3. The molecule has 4 aliphatic carbocycles.